The van der Waals surface area contributed by atoms with Crippen LogP contribution in [0.15, 0.2) is 30.9 Å². The summed E-state index contributed by atoms with van der Waals surface area (Å²) in [6, 6.07) is 4.44. The molecule has 1 N–H and O–H groups in total. The van der Waals surface area contributed by atoms with E-state index in [9.17, 15) is 8.78 Å². The first kappa shape index (κ1) is 12.8. The van der Waals surface area contributed by atoms with Gasteiger partial charge in [0, 0.05) is 6.04 Å². The van der Waals surface area contributed by atoms with E-state index in [4.69, 9.17) is 0 Å². The van der Waals surface area contributed by atoms with E-state index in [0.29, 0.717) is 12.0 Å². The molecule has 0 saturated carbocycles. The van der Waals surface area contributed by atoms with Gasteiger partial charge in [0.15, 0.2) is 11.6 Å². The molecule has 0 heterocycles. The van der Waals surface area contributed by atoms with Crippen molar-refractivity contribution >= 4 is 0 Å². The quantitative estimate of drug-likeness (QED) is 0.734. The highest BCUT2D eigenvalue weighted by Crippen LogP contribution is 2.14. The predicted octanol–water partition coefficient (Wildman–Crippen LogP) is 3.06. The molecule has 0 aliphatic heterocycles. The monoisotopic (exact) mass is 225 g/mol. The Morgan fingerprint density at radius 3 is 2.81 bits per heavy atom. The molecule has 88 valence electrons. The number of halogens is 2. The van der Waals surface area contributed by atoms with E-state index < -0.39 is 11.6 Å². The maximum Gasteiger partial charge on any atom is 0.162 e. The molecule has 3 heteroatoms. The molecule has 0 bridgehead atoms. The Labute approximate surface area is 95.2 Å². The lowest BCUT2D eigenvalue weighted by atomic mass is 10.0. The fourth-order valence-corrected chi connectivity index (χ4v) is 1.64. The molecule has 0 radical (unpaired) electrons. The van der Waals surface area contributed by atoms with Crippen molar-refractivity contribution in [3.05, 3.63) is 48.1 Å². The van der Waals surface area contributed by atoms with Gasteiger partial charge in [-0.1, -0.05) is 18.2 Å². The molecule has 16 heavy (non-hydrogen) atoms. The van der Waals surface area contributed by atoms with Gasteiger partial charge in [0.05, 0.1) is 0 Å². The van der Waals surface area contributed by atoms with E-state index in [0.717, 1.165) is 18.9 Å². The number of hydrogen-bond acceptors (Lipinski definition) is 1. The standard InChI is InChI=1S/C13H17F2N/c1-3-4-7-11(16-2)9-10-6-5-8-12(14)13(10)15/h3,5-6,8,11,16H,1,4,7,9H2,2H3. The van der Waals surface area contributed by atoms with Crippen LogP contribution in [0.1, 0.15) is 18.4 Å². The van der Waals surface area contributed by atoms with Gasteiger partial charge in [-0.3, -0.25) is 0 Å². The molecule has 0 aliphatic carbocycles. The van der Waals surface area contributed by atoms with Gasteiger partial charge in [-0.15, -0.1) is 6.58 Å². The van der Waals surface area contributed by atoms with Gasteiger partial charge >= 0.3 is 0 Å². The Kier molecular flexibility index (Phi) is 5.12. The lowest BCUT2D eigenvalue weighted by Crippen LogP contribution is -2.27. The van der Waals surface area contributed by atoms with Gasteiger partial charge in [0.1, 0.15) is 0 Å². The highest BCUT2D eigenvalue weighted by Gasteiger charge is 2.12. The second kappa shape index (κ2) is 6.38. The molecule has 0 spiro atoms. The largest absolute Gasteiger partial charge is 0.317 e. The first-order valence-corrected chi connectivity index (χ1v) is 5.40. The number of nitrogens with one attached hydrogen (secondary N) is 1. The van der Waals surface area contributed by atoms with Crippen LogP contribution < -0.4 is 5.32 Å². The molecule has 0 aromatic heterocycles. The fourth-order valence-electron chi connectivity index (χ4n) is 1.64. The average Bonchev–Trinajstić information content (AvgIpc) is 2.30. The normalized spacial score (nSPS) is 12.4. The smallest absolute Gasteiger partial charge is 0.162 e. The topological polar surface area (TPSA) is 12.0 Å². The first-order chi connectivity index (χ1) is 7.69. The molecule has 0 saturated heterocycles. The van der Waals surface area contributed by atoms with Crippen molar-refractivity contribution in [2.24, 2.45) is 0 Å². The van der Waals surface area contributed by atoms with Crippen molar-refractivity contribution in [1.82, 2.24) is 5.32 Å². The maximum atomic E-state index is 13.4. The molecule has 1 rings (SSSR count). The van der Waals surface area contributed by atoms with Crippen LogP contribution in [0.25, 0.3) is 0 Å². The van der Waals surface area contributed by atoms with Crippen molar-refractivity contribution in [1.29, 1.82) is 0 Å². The van der Waals surface area contributed by atoms with E-state index in [1.54, 1.807) is 6.07 Å². The van der Waals surface area contributed by atoms with Crippen LogP contribution >= 0.6 is 0 Å². The lowest BCUT2D eigenvalue weighted by Gasteiger charge is -2.15. The molecule has 1 atom stereocenters. The van der Waals surface area contributed by atoms with Gasteiger partial charge in [-0.2, -0.15) is 0 Å². The average molecular weight is 225 g/mol. The molecular formula is C13H17F2N. The molecular weight excluding hydrogens is 208 g/mol. The zero-order valence-corrected chi connectivity index (χ0v) is 9.47. The van der Waals surface area contributed by atoms with Gasteiger partial charge in [-0.25, -0.2) is 8.78 Å². The minimum Gasteiger partial charge on any atom is -0.317 e. The van der Waals surface area contributed by atoms with Gasteiger partial charge < -0.3 is 5.32 Å². The van der Waals surface area contributed by atoms with Crippen molar-refractivity contribution < 1.29 is 8.78 Å². The van der Waals surface area contributed by atoms with Crippen molar-refractivity contribution in [2.45, 2.75) is 25.3 Å². The SMILES string of the molecule is C=CCCC(Cc1cccc(F)c1F)NC. The third-order valence-electron chi connectivity index (χ3n) is 2.63. The zero-order valence-electron chi connectivity index (χ0n) is 9.47. The van der Waals surface area contributed by atoms with E-state index in [1.165, 1.54) is 6.07 Å². The van der Waals surface area contributed by atoms with Crippen LogP contribution in [-0.2, 0) is 6.42 Å². The third-order valence-corrected chi connectivity index (χ3v) is 2.63. The number of allylic oxidation sites excluding steroid dienone is 1. The molecule has 0 amide bonds. The molecule has 0 fully saturated rings. The van der Waals surface area contributed by atoms with Gasteiger partial charge in [-0.05, 0) is 37.9 Å². The van der Waals surface area contributed by atoms with E-state index in [1.807, 2.05) is 13.1 Å². The van der Waals surface area contributed by atoms with Crippen LogP contribution in [-0.4, -0.2) is 13.1 Å². The van der Waals surface area contributed by atoms with Crippen LogP contribution in [0.2, 0.25) is 0 Å². The summed E-state index contributed by atoms with van der Waals surface area (Å²) in [5, 5.41) is 3.10. The number of likely N-dealkylation sites (N-methyl/N-ethyl adjacent to an activating group) is 1. The first-order valence-electron chi connectivity index (χ1n) is 5.40. The third kappa shape index (κ3) is 3.42. The fraction of sp³-hybridized carbons (Fsp3) is 0.385. The number of rotatable bonds is 6. The molecule has 1 unspecified atom stereocenters. The van der Waals surface area contributed by atoms with E-state index in [-0.39, 0.29) is 6.04 Å². The minimum atomic E-state index is -0.781. The van der Waals surface area contributed by atoms with Gasteiger partial charge in [0.25, 0.3) is 0 Å². The Bertz CT molecular complexity index is 350. The lowest BCUT2D eigenvalue weighted by molar-refractivity contribution is 0.474. The van der Waals surface area contributed by atoms with Crippen LogP contribution in [0.5, 0.6) is 0 Å². The zero-order chi connectivity index (χ0) is 12.0. The summed E-state index contributed by atoms with van der Waals surface area (Å²) < 4.78 is 26.4. The second-order valence-corrected chi connectivity index (χ2v) is 3.77. The predicted molar refractivity (Wildman–Crippen MR) is 62.3 cm³/mol. The number of hydrogen-bond donors (Lipinski definition) is 1. The molecule has 1 aromatic carbocycles. The Balaban J connectivity index is 2.69. The molecule has 0 aliphatic rings. The van der Waals surface area contributed by atoms with E-state index in [2.05, 4.69) is 11.9 Å². The van der Waals surface area contributed by atoms with Crippen molar-refractivity contribution in [2.75, 3.05) is 7.05 Å². The summed E-state index contributed by atoms with van der Waals surface area (Å²) in [6.07, 6.45) is 4.05. The minimum absolute atomic E-state index is 0.147. The summed E-state index contributed by atoms with van der Waals surface area (Å²) in [5.41, 5.74) is 0.420. The number of benzene rings is 1. The molecule has 1 nitrogen and oxygen atoms in total. The Morgan fingerprint density at radius 2 is 2.19 bits per heavy atom. The Morgan fingerprint density at radius 1 is 1.44 bits per heavy atom. The van der Waals surface area contributed by atoms with Crippen molar-refractivity contribution in [3.63, 3.8) is 0 Å². The van der Waals surface area contributed by atoms with Gasteiger partial charge in [0.2, 0.25) is 0 Å². The van der Waals surface area contributed by atoms with Crippen LogP contribution in [0.3, 0.4) is 0 Å². The summed E-state index contributed by atoms with van der Waals surface area (Å²) >= 11 is 0. The highest BCUT2D eigenvalue weighted by molar-refractivity contribution is 5.20. The summed E-state index contributed by atoms with van der Waals surface area (Å²) in [5.74, 6) is -1.52. The van der Waals surface area contributed by atoms with E-state index >= 15 is 0 Å². The van der Waals surface area contributed by atoms with Crippen LogP contribution in [0, 0.1) is 11.6 Å². The Hall–Kier alpha value is -1.22. The summed E-state index contributed by atoms with van der Waals surface area (Å²) in [4.78, 5) is 0. The summed E-state index contributed by atoms with van der Waals surface area (Å²) in [7, 11) is 1.82. The van der Waals surface area contributed by atoms with Crippen molar-refractivity contribution in [3.8, 4) is 0 Å². The maximum absolute atomic E-state index is 13.4. The van der Waals surface area contributed by atoms with Crippen LogP contribution in [0.4, 0.5) is 8.78 Å². The second-order valence-electron chi connectivity index (χ2n) is 3.77. The molecule has 1 aromatic rings. The summed E-state index contributed by atoms with van der Waals surface area (Å²) in [6.45, 7) is 3.64. The highest BCUT2D eigenvalue weighted by atomic mass is 19.2.